The normalized spacial score (nSPS) is 17.0. The van der Waals surface area contributed by atoms with Crippen LogP contribution in [0, 0.1) is 6.92 Å². The lowest BCUT2D eigenvalue weighted by atomic mass is 10.2. The van der Waals surface area contributed by atoms with E-state index >= 15 is 0 Å². The monoisotopic (exact) mass is 328 g/mol. The van der Waals surface area contributed by atoms with Crippen LogP contribution in [0.1, 0.15) is 34.8 Å². The molecule has 0 aromatic carbocycles. The molecule has 24 heavy (non-hydrogen) atoms. The van der Waals surface area contributed by atoms with Gasteiger partial charge < -0.3 is 14.7 Å². The molecule has 7 heteroatoms. The number of aryl methyl sites for hydroxylation is 1. The van der Waals surface area contributed by atoms with Crippen LogP contribution >= 0.6 is 0 Å². The second-order valence-corrected chi connectivity index (χ2v) is 5.84. The van der Waals surface area contributed by atoms with Crippen molar-refractivity contribution < 1.29 is 14.1 Å². The number of pyridine rings is 1. The highest BCUT2D eigenvalue weighted by Gasteiger charge is 2.35. The minimum absolute atomic E-state index is 0.128. The first-order chi connectivity index (χ1) is 11.6. The molecule has 3 heterocycles. The van der Waals surface area contributed by atoms with Gasteiger partial charge in [0.15, 0.2) is 5.69 Å². The van der Waals surface area contributed by atoms with Crippen molar-refractivity contribution in [1.82, 2.24) is 20.4 Å². The van der Waals surface area contributed by atoms with Gasteiger partial charge in [0.1, 0.15) is 11.8 Å². The van der Waals surface area contributed by atoms with E-state index in [0.717, 1.165) is 12.1 Å². The van der Waals surface area contributed by atoms with Gasteiger partial charge in [-0.2, -0.15) is 0 Å². The molecule has 0 saturated carbocycles. The van der Waals surface area contributed by atoms with Crippen molar-refractivity contribution in [3.8, 4) is 0 Å². The number of hydrogen-bond acceptors (Lipinski definition) is 5. The van der Waals surface area contributed by atoms with Crippen LogP contribution in [0.4, 0.5) is 0 Å². The Hall–Kier alpha value is -2.70. The molecule has 3 rings (SSSR count). The molecule has 1 atom stereocenters. The molecule has 126 valence electrons. The minimum atomic E-state index is -0.446. The fourth-order valence-electron chi connectivity index (χ4n) is 2.87. The van der Waals surface area contributed by atoms with Gasteiger partial charge in [0.2, 0.25) is 5.91 Å². The largest absolute Gasteiger partial charge is 0.361 e. The van der Waals surface area contributed by atoms with Gasteiger partial charge in [0.25, 0.3) is 5.91 Å². The molecule has 2 aromatic rings. The van der Waals surface area contributed by atoms with Gasteiger partial charge in [0.05, 0.1) is 0 Å². The third-order valence-electron chi connectivity index (χ3n) is 4.07. The Kier molecular flexibility index (Phi) is 4.88. The predicted molar refractivity (Wildman–Crippen MR) is 86.2 cm³/mol. The summed E-state index contributed by atoms with van der Waals surface area (Å²) >= 11 is 0. The summed E-state index contributed by atoms with van der Waals surface area (Å²) in [5.74, 6) is 0.195. The van der Waals surface area contributed by atoms with Crippen LogP contribution in [0.3, 0.4) is 0 Å². The summed E-state index contributed by atoms with van der Waals surface area (Å²) in [6, 6.07) is 6.84. The molecule has 2 aromatic heterocycles. The van der Waals surface area contributed by atoms with Gasteiger partial charge in [-0.1, -0.05) is 11.2 Å². The first-order valence-corrected chi connectivity index (χ1v) is 8.07. The lowest BCUT2D eigenvalue weighted by Gasteiger charge is -2.22. The topological polar surface area (TPSA) is 88.3 Å². The lowest BCUT2D eigenvalue weighted by molar-refractivity contribution is -0.124. The number of hydrogen-bond donors (Lipinski definition) is 1. The summed E-state index contributed by atoms with van der Waals surface area (Å²) in [5, 5.41) is 6.65. The van der Waals surface area contributed by atoms with E-state index in [1.54, 1.807) is 24.1 Å². The van der Waals surface area contributed by atoms with E-state index in [4.69, 9.17) is 4.52 Å². The molecule has 2 amide bonds. The third-order valence-corrected chi connectivity index (χ3v) is 4.07. The van der Waals surface area contributed by atoms with Crippen molar-refractivity contribution in [3.05, 3.63) is 47.6 Å². The van der Waals surface area contributed by atoms with Crippen molar-refractivity contribution in [2.24, 2.45) is 0 Å². The molecular formula is C17H20N4O3. The first-order valence-electron chi connectivity index (χ1n) is 8.07. The maximum absolute atomic E-state index is 12.5. The van der Waals surface area contributed by atoms with E-state index in [2.05, 4.69) is 15.5 Å². The van der Waals surface area contributed by atoms with E-state index in [1.165, 1.54) is 0 Å². The first kappa shape index (κ1) is 16.2. The van der Waals surface area contributed by atoms with Crippen molar-refractivity contribution in [2.75, 3.05) is 13.1 Å². The van der Waals surface area contributed by atoms with Gasteiger partial charge in [-0.15, -0.1) is 0 Å². The second kappa shape index (κ2) is 7.25. The summed E-state index contributed by atoms with van der Waals surface area (Å²) in [5.41, 5.74) is 1.18. The number of aromatic nitrogens is 2. The average molecular weight is 328 g/mol. The Labute approximate surface area is 140 Å². The molecule has 1 N–H and O–H groups in total. The molecule has 1 fully saturated rings. The van der Waals surface area contributed by atoms with Crippen LogP contribution in [-0.4, -0.2) is 46.0 Å². The highest BCUT2D eigenvalue weighted by Crippen LogP contribution is 2.20. The number of nitrogens with one attached hydrogen (secondary N) is 1. The summed E-state index contributed by atoms with van der Waals surface area (Å²) in [6.07, 6.45) is 3.86. The molecule has 1 aliphatic heterocycles. The zero-order chi connectivity index (χ0) is 16.9. The van der Waals surface area contributed by atoms with Crippen LogP contribution in [0.5, 0.6) is 0 Å². The molecule has 0 radical (unpaired) electrons. The highest BCUT2D eigenvalue weighted by molar-refractivity contribution is 5.96. The molecule has 7 nitrogen and oxygen atoms in total. The number of carbonyl (C=O) groups is 2. The Morgan fingerprint density at radius 1 is 1.42 bits per heavy atom. The van der Waals surface area contributed by atoms with Gasteiger partial charge in [-0.05, 0) is 31.9 Å². The summed E-state index contributed by atoms with van der Waals surface area (Å²) in [4.78, 5) is 30.7. The quantitative estimate of drug-likeness (QED) is 0.895. The fourth-order valence-corrected chi connectivity index (χ4v) is 2.87. The zero-order valence-electron chi connectivity index (χ0n) is 13.6. The highest BCUT2D eigenvalue weighted by atomic mass is 16.5. The molecule has 1 saturated heterocycles. The van der Waals surface area contributed by atoms with Gasteiger partial charge in [-0.3, -0.25) is 14.6 Å². The smallest absolute Gasteiger partial charge is 0.276 e. The molecule has 1 unspecified atom stereocenters. The number of nitrogens with zero attached hydrogens (tertiary/aromatic N) is 3. The van der Waals surface area contributed by atoms with Crippen molar-refractivity contribution in [1.29, 1.82) is 0 Å². The number of amides is 2. The maximum Gasteiger partial charge on any atom is 0.276 e. The Balaban J connectivity index is 1.56. The number of carbonyl (C=O) groups excluding carboxylic acids is 2. The molecular weight excluding hydrogens is 308 g/mol. The minimum Gasteiger partial charge on any atom is -0.361 e. The van der Waals surface area contributed by atoms with Crippen LogP contribution in [-0.2, 0) is 11.2 Å². The maximum atomic E-state index is 12.5. The second-order valence-electron chi connectivity index (χ2n) is 5.84. The van der Waals surface area contributed by atoms with Crippen molar-refractivity contribution in [3.63, 3.8) is 0 Å². The predicted octanol–water partition coefficient (Wildman–Crippen LogP) is 1.34. The third kappa shape index (κ3) is 3.61. The van der Waals surface area contributed by atoms with E-state index in [1.807, 2.05) is 18.2 Å². The van der Waals surface area contributed by atoms with Crippen molar-refractivity contribution in [2.45, 2.75) is 32.2 Å². The van der Waals surface area contributed by atoms with Gasteiger partial charge >= 0.3 is 0 Å². The van der Waals surface area contributed by atoms with Crippen LogP contribution in [0.15, 0.2) is 35.0 Å². The summed E-state index contributed by atoms with van der Waals surface area (Å²) < 4.78 is 4.95. The standard InChI is InChI=1S/C17H20N4O3/c1-12-11-14(20-24-12)17(23)21-10-4-6-15(21)16(22)19-9-7-13-5-2-3-8-18-13/h2-3,5,8,11,15H,4,6-7,9-10H2,1H3,(H,19,22). The number of rotatable bonds is 5. The zero-order valence-corrected chi connectivity index (χ0v) is 13.6. The number of likely N-dealkylation sites (tertiary alicyclic amines) is 1. The van der Waals surface area contributed by atoms with Gasteiger partial charge in [0, 0.05) is 37.5 Å². The fraction of sp³-hybridized carbons (Fsp3) is 0.412. The van der Waals surface area contributed by atoms with Gasteiger partial charge in [-0.25, -0.2) is 0 Å². The average Bonchev–Trinajstić information content (AvgIpc) is 3.24. The Morgan fingerprint density at radius 2 is 2.29 bits per heavy atom. The van der Waals surface area contributed by atoms with E-state index in [-0.39, 0.29) is 17.5 Å². The SMILES string of the molecule is Cc1cc(C(=O)N2CCCC2C(=O)NCCc2ccccn2)no1. The lowest BCUT2D eigenvalue weighted by Crippen LogP contribution is -2.46. The van der Waals surface area contributed by atoms with Crippen LogP contribution in [0.2, 0.25) is 0 Å². The molecule has 0 aliphatic carbocycles. The van der Waals surface area contributed by atoms with Crippen LogP contribution < -0.4 is 5.32 Å². The molecule has 1 aliphatic rings. The summed E-state index contributed by atoms with van der Waals surface area (Å²) in [6.45, 7) is 2.79. The van der Waals surface area contributed by atoms with E-state index in [9.17, 15) is 9.59 Å². The van der Waals surface area contributed by atoms with E-state index < -0.39 is 6.04 Å². The van der Waals surface area contributed by atoms with Crippen LogP contribution in [0.25, 0.3) is 0 Å². The Bertz CT molecular complexity index is 714. The Morgan fingerprint density at radius 3 is 3.00 bits per heavy atom. The molecule has 0 bridgehead atoms. The van der Waals surface area contributed by atoms with Crippen molar-refractivity contribution >= 4 is 11.8 Å². The molecule has 0 spiro atoms. The summed E-state index contributed by atoms with van der Waals surface area (Å²) in [7, 11) is 0. The van der Waals surface area contributed by atoms with E-state index in [0.29, 0.717) is 31.7 Å².